The van der Waals surface area contributed by atoms with Crippen molar-refractivity contribution in [1.82, 2.24) is 14.9 Å². The molecule has 0 amide bonds. The van der Waals surface area contributed by atoms with E-state index in [2.05, 4.69) is 15.0 Å². The largest absolute Gasteiger partial charge is 0.472 e. The van der Waals surface area contributed by atoms with Crippen molar-refractivity contribution in [2.24, 2.45) is 4.99 Å². The zero-order chi connectivity index (χ0) is 21.3. The van der Waals surface area contributed by atoms with Crippen molar-refractivity contribution >= 4 is 23.6 Å². The van der Waals surface area contributed by atoms with E-state index in [1.165, 1.54) is 18.5 Å². The van der Waals surface area contributed by atoms with E-state index in [-0.39, 0.29) is 23.5 Å². The first kappa shape index (κ1) is 20.3. The van der Waals surface area contributed by atoms with Gasteiger partial charge >= 0.3 is 6.18 Å². The van der Waals surface area contributed by atoms with E-state index < -0.39 is 11.9 Å². The highest BCUT2D eigenvalue weighted by Gasteiger charge is 2.32. The summed E-state index contributed by atoms with van der Waals surface area (Å²) in [5, 5.41) is 0.181. The Bertz CT molecular complexity index is 1020. The number of halogens is 4. The summed E-state index contributed by atoms with van der Waals surface area (Å²) in [5.41, 5.74) is 0.820. The molecular weight excluding hydrogens is 421 g/mol. The molecule has 2 aromatic rings. The molecule has 0 unspecified atom stereocenters. The normalized spacial score (nSPS) is 19.5. The number of carbonyl (C=O) groups is 1. The van der Waals surface area contributed by atoms with Crippen LogP contribution in [0.2, 0.25) is 0 Å². The van der Waals surface area contributed by atoms with Gasteiger partial charge in [-0.3, -0.25) is 14.8 Å². The van der Waals surface area contributed by atoms with Gasteiger partial charge in [-0.25, -0.2) is 4.98 Å². The Kier molecular flexibility index (Phi) is 5.46. The first-order valence-corrected chi connectivity index (χ1v) is 9.53. The Morgan fingerprint density at radius 3 is 2.73 bits per heavy atom. The summed E-state index contributed by atoms with van der Waals surface area (Å²) >= 11 is 6.12. The van der Waals surface area contributed by atoms with Crippen molar-refractivity contribution in [3.63, 3.8) is 0 Å². The Labute approximate surface area is 175 Å². The van der Waals surface area contributed by atoms with Gasteiger partial charge in [-0.05, 0) is 17.7 Å². The Balaban J connectivity index is 1.45. The number of rotatable bonds is 4. The maximum Gasteiger partial charge on any atom is 0.433 e. The van der Waals surface area contributed by atoms with Crippen molar-refractivity contribution in [2.45, 2.75) is 18.7 Å². The molecule has 4 heterocycles. The molecule has 156 valence electrons. The Hall–Kier alpha value is -2.94. The third-order valence-electron chi connectivity index (χ3n) is 4.81. The zero-order valence-electron chi connectivity index (χ0n) is 15.6. The van der Waals surface area contributed by atoms with Crippen LogP contribution in [0.4, 0.5) is 13.2 Å². The summed E-state index contributed by atoms with van der Waals surface area (Å²) in [7, 11) is 0. The maximum absolute atomic E-state index is 12.7. The molecule has 0 bridgehead atoms. The zero-order valence-corrected chi connectivity index (χ0v) is 16.3. The number of carbonyl (C=O) groups excluding carboxylic acids is 1. The lowest BCUT2D eigenvalue weighted by Crippen LogP contribution is -2.28. The van der Waals surface area contributed by atoms with E-state index in [0.717, 1.165) is 6.07 Å². The van der Waals surface area contributed by atoms with Gasteiger partial charge in [-0.15, -0.1) is 0 Å². The van der Waals surface area contributed by atoms with Gasteiger partial charge in [0.15, 0.2) is 5.78 Å². The molecule has 6 nitrogen and oxygen atoms in total. The number of hydrogen-bond acceptors (Lipinski definition) is 6. The molecule has 0 N–H and O–H groups in total. The number of ether oxygens (including phenoxy) is 1. The van der Waals surface area contributed by atoms with E-state index in [4.69, 9.17) is 16.3 Å². The summed E-state index contributed by atoms with van der Waals surface area (Å²) in [6.45, 7) is 1.22. The van der Waals surface area contributed by atoms with Gasteiger partial charge in [0.1, 0.15) is 23.4 Å². The second-order valence-electron chi connectivity index (χ2n) is 6.88. The lowest BCUT2D eigenvalue weighted by Gasteiger charge is -2.22. The standard InChI is InChI=1S/C20H16ClF3N4O2/c21-19-15(9-25-10-16(19)29)28-6-4-14(11-28)30-18-7-12(3-5-26-18)13-1-2-17(27-8-13)20(22,23)24/h1-3,5,7-9,14H,4,6,10-11H2/t14-/m1/s1. The highest BCUT2D eigenvalue weighted by atomic mass is 35.5. The summed E-state index contributed by atoms with van der Waals surface area (Å²) < 4.78 is 44.0. The lowest BCUT2D eigenvalue weighted by atomic mass is 10.1. The van der Waals surface area contributed by atoms with E-state index in [0.29, 0.717) is 42.2 Å². The molecule has 2 aliphatic rings. The van der Waals surface area contributed by atoms with Crippen molar-refractivity contribution in [2.75, 3.05) is 19.6 Å². The van der Waals surface area contributed by atoms with Crippen molar-refractivity contribution in [3.8, 4) is 17.0 Å². The van der Waals surface area contributed by atoms with Gasteiger partial charge < -0.3 is 9.64 Å². The number of Topliss-reactive ketones (excluding diaryl/α,β-unsaturated/α-hetero) is 1. The van der Waals surface area contributed by atoms with Crippen LogP contribution in [0.15, 0.2) is 52.4 Å². The molecule has 0 aliphatic carbocycles. The van der Waals surface area contributed by atoms with Gasteiger partial charge in [0.25, 0.3) is 0 Å². The van der Waals surface area contributed by atoms with Crippen molar-refractivity contribution in [3.05, 3.63) is 53.1 Å². The highest BCUT2D eigenvalue weighted by Crippen LogP contribution is 2.30. The SMILES string of the molecule is O=C1CN=CC(N2CC[C@@H](Oc3cc(-c4ccc(C(F)(F)F)nc4)ccn3)C2)=C1Cl. The fourth-order valence-electron chi connectivity index (χ4n) is 3.30. The summed E-state index contributed by atoms with van der Waals surface area (Å²) in [6.07, 6.45) is 0.340. The van der Waals surface area contributed by atoms with Crippen molar-refractivity contribution < 1.29 is 22.7 Å². The minimum Gasteiger partial charge on any atom is -0.472 e. The number of aliphatic imine (C=N–C) groups is 1. The van der Waals surface area contributed by atoms with Crippen LogP contribution in [0.3, 0.4) is 0 Å². The minimum absolute atomic E-state index is 0.0611. The molecule has 4 rings (SSSR count). The van der Waals surface area contributed by atoms with E-state index in [9.17, 15) is 18.0 Å². The van der Waals surface area contributed by atoms with Crippen LogP contribution >= 0.6 is 11.6 Å². The average molecular weight is 437 g/mol. The van der Waals surface area contributed by atoms with Crippen LogP contribution in [0.25, 0.3) is 11.1 Å². The first-order chi connectivity index (χ1) is 14.3. The summed E-state index contributed by atoms with van der Waals surface area (Å²) in [6, 6.07) is 5.63. The first-order valence-electron chi connectivity index (χ1n) is 9.15. The maximum atomic E-state index is 12.7. The van der Waals surface area contributed by atoms with Crippen LogP contribution in [0.5, 0.6) is 5.88 Å². The monoisotopic (exact) mass is 436 g/mol. The van der Waals surface area contributed by atoms with Gasteiger partial charge in [-0.2, -0.15) is 13.2 Å². The molecule has 30 heavy (non-hydrogen) atoms. The number of pyridine rings is 2. The fraction of sp³-hybridized carbons (Fsp3) is 0.300. The molecule has 10 heteroatoms. The second-order valence-corrected chi connectivity index (χ2v) is 7.26. The number of hydrogen-bond donors (Lipinski definition) is 0. The minimum atomic E-state index is -4.48. The van der Waals surface area contributed by atoms with E-state index >= 15 is 0 Å². The van der Waals surface area contributed by atoms with Gasteiger partial charge in [0, 0.05) is 43.2 Å². The predicted molar refractivity (Wildman–Crippen MR) is 104 cm³/mol. The number of aromatic nitrogens is 2. The molecule has 0 spiro atoms. The second kappa shape index (κ2) is 8.06. The highest BCUT2D eigenvalue weighted by molar-refractivity contribution is 6.44. The van der Waals surface area contributed by atoms with E-state index in [1.807, 2.05) is 4.90 Å². The van der Waals surface area contributed by atoms with Crippen LogP contribution in [-0.4, -0.2) is 52.6 Å². The average Bonchev–Trinajstić information content (AvgIpc) is 3.18. The molecule has 1 saturated heterocycles. The third-order valence-corrected chi connectivity index (χ3v) is 5.22. The Morgan fingerprint density at radius 1 is 1.17 bits per heavy atom. The topological polar surface area (TPSA) is 67.7 Å². The van der Waals surface area contributed by atoms with Gasteiger partial charge in [0.2, 0.25) is 5.88 Å². The number of likely N-dealkylation sites (tertiary alicyclic amines) is 1. The molecule has 0 radical (unpaired) electrons. The molecular formula is C20H16ClF3N4O2. The molecule has 1 fully saturated rings. The number of alkyl halides is 3. The molecule has 0 aromatic carbocycles. The number of allylic oxidation sites excluding steroid dienone is 1. The van der Waals surface area contributed by atoms with E-state index in [1.54, 1.807) is 18.3 Å². The Morgan fingerprint density at radius 2 is 2.00 bits per heavy atom. The van der Waals surface area contributed by atoms with Crippen LogP contribution in [-0.2, 0) is 11.0 Å². The third kappa shape index (κ3) is 4.30. The lowest BCUT2D eigenvalue weighted by molar-refractivity contribution is -0.141. The van der Waals surface area contributed by atoms with Crippen LogP contribution in [0, 0.1) is 0 Å². The quantitative estimate of drug-likeness (QED) is 0.730. The molecule has 2 aromatic heterocycles. The molecule has 1 atom stereocenters. The number of ketones is 1. The fourth-order valence-corrected chi connectivity index (χ4v) is 3.53. The molecule has 2 aliphatic heterocycles. The molecule has 0 saturated carbocycles. The number of dihydropyridines is 1. The number of nitrogens with zero attached hydrogens (tertiary/aromatic N) is 4. The van der Waals surface area contributed by atoms with Crippen LogP contribution < -0.4 is 4.74 Å². The summed E-state index contributed by atoms with van der Waals surface area (Å²) in [4.78, 5) is 25.4. The van der Waals surface area contributed by atoms with Crippen LogP contribution in [0.1, 0.15) is 12.1 Å². The smallest absolute Gasteiger partial charge is 0.433 e. The van der Waals surface area contributed by atoms with Gasteiger partial charge in [-0.1, -0.05) is 17.7 Å². The van der Waals surface area contributed by atoms with Gasteiger partial charge in [0.05, 0.1) is 12.2 Å². The van der Waals surface area contributed by atoms with Crippen molar-refractivity contribution in [1.29, 1.82) is 0 Å². The predicted octanol–water partition coefficient (Wildman–Crippen LogP) is 3.72. The summed E-state index contributed by atoms with van der Waals surface area (Å²) in [5.74, 6) is 0.144.